The average molecular weight is 487 g/mol. The summed E-state index contributed by atoms with van der Waals surface area (Å²) in [6.45, 7) is 8.17. The van der Waals surface area contributed by atoms with Crippen molar-refractivity contribution in [2.45, 2.75) is 39.4 Å². The van der Waals surface area contributed by atoms with Gasteiger partial charge in [0.15, 0.2) is 5.16 Å². The first-order valence-electron chi connectivity index (χ1n) is 10.6. The molecule has 2 N–H and O–H groups in total. The van der Waals surface area contributed by atoms with Gasteiger partial charge in [-0.05, 0) is 49.1 Å². The molecule has 0 bridgehead atoms. The molecule has 0 aliphatic carbocycles. The molecule has 0 saturated heterocycles. The van der Waals surface area contributed by atoms with Crippen LogP contribution < -0.4 is 16.2 Å². The second kappa shape index (κ2) is 10.9. The van der Waals surface area contributed by atoms with Gasteiger partial charge in [0.05, 0.1) is 23.2 Å². The van der Waals surface area contributed by atoms with E-state index in [1.165, 1.54) is 11.8 Å². The highest BCUT2D eigenvalue weighted by molar-refractivity contribution is 7.99. The minimum absolute atomic E-state index is 0.0281. The lowest BCUT2D eigenvalue weighted by Crippen LogP contribution is -2.34. The van der Waals surface area contributed by atoms with E-state index < -0.39 is 0 Å². The number of nitrogens with one attached hydrogen (secondary N) is 2. The molecule has 9 heteroatoms. The Balaban J connectivity index is 1.67. The zero-order valence-electron chi connectivity index (χ0n) is 19.1. The summed E-state index contributed by atoms with van der Waals surface area (Å²) in [6, 6.07) is 10.7. The zero-order chi connectivity index (χ0) is 24.1. The zero-order valence-corrected chi connectivity index (χ0v) is 20.6. The van der Waals surface area contributed by atoms with Crippen molar-refractivity contribution in [1.82, 2.24) is 14.9 Å². The fourth-order valence-corrected chi connectivity index (χ4v) is 4.37. The Morgan fingerprint density at radius 1 is 1.12 bits per heavy atom. The number of hydrogen-bond donors (Lipinski definition) is 2. The monoisotopic (exact) mass is 486 g/mol. The van der Waals surface area contributed by atoms with Gasteiger partial charge in [-0.15, -0.1) is 0 Å². The molecule has 3 aromatic rings. The van der Waals surface area contributed by atoms with E-state index in [-0.39, 0.29) is 35.6 Å². The van der Waals surface area contributed by atoms with Gasteiger partial charge in [0, 0.05) is 17.3 Å². The van der Waals surface area contributed by atoms with Gasteiger partial charge in [-0.25, -0.2) is 4.98 Å². The van der Waals surface area contributed by atoms with Crippen LogP contribution in [0.3, 0.4) is 0 Å². The maximum atomic E-state index is 13.0. The third kappa shape index (κ3) is 6.36. The van der Waals surface area contributed by atoms with Crippen molar-refractivity contribution in [3.8, 4) is 0 Å². The molecule has 3 rings (SSSR count). The summed E-state index contributed by atoms with van der Waals surface area (Å²) < 4.78 is 1.58. The highest BCUT2D eigenvalue weighted by Crippen LogP contribution is 2.21. The van der Waals surface area contributed by atoms with Gasteiger partial charge in [0.1, 0.15) is 0 Å². The first-order chi connectivity index (χ1) is 15.7. The van der Waals surface area contributed by atoms with E-state index in [9.17, 15) is 14.4 Å². The smallest absolute Gasteiger partial charge is 0.262 e. The predicted octanol–water partition coefficient (Wildman–Crippen LogP) is 4.17. The molecule has 1 aromatic heterocycles. The number of halogens is 1. The second-order valence-corrected chi connectivity index (χ2v) is 9.62. The number of aromatic nitrogens is 2. The largest absolute Gasteiger partial charge is 0.346 e. The number of hydrogen-bond acceptors (Lipinski definition) is 5. The van der Waals surface area contributed by atoms with Crippen LogP contribution in [0.25, 0.3) is 10.9 Å². The molecule has 2 aromatic carbocycles. The Bertz CT molecular complexity index is 1240. The summed E-state index contributed by atoms with van der Waals surface area (Å²) in [5.74, 6) is -0.385. The molecule has 0 aliphatic rings. The first kappa shape index (κ1) is 24.8. The SMILES string of the molecule is Cc1cccc(C)c1NC(=O)CNC(=O)CSc1nc2ccc(Cl)cc2c(=O)n1CC(C)C. The number of aryl methyl sites for hydroxylation is 2. The van der Waals surface area contributed by atoms with Crippen LogP contribution in [0.4, 0.5) is 5.69 Å². The van der Waals surface area contributed by atoms with Crippen LogP contribution in [0.5, 0.6) is 0 Å². The molecular formula is C24H27ClN4O3S. The van der Waals surface area contributed by atoms with E-state index in [0.29, 0.717) is 27.6 Å². The Morgan fingerprint density at radius 2 is 1.82 bits per heavy atom. The maximum absolute atomic E-state index is 13.0. The normalized spacial score (nSPS) is 11.1. The van der Waals surface area contributed by atoms with Crippen molar-refractivity contribution in [2.24, 2.45) is 5.92 Å². The van der Waals surface area contributed by atoms with Crippen LogP contribution in [-0.2, 0) is 16.1 Å². The van der Waals surface area contributed by atoms with E-state index in [1.54, 1.807) is 22.8 Å². The van der Waals surface area contributed by atoms with Crippen molar-refractivity contribution in [3.05, 3.63) is 62.9 Å². The molecule has 0 radical (unpaired) electrons. The van der Waals surface area contributed by atoms with Crippen LogP contribution in [0.15, 0.2) is 46.3 Å². The Labute approximate surface area is 201 Å². The van der Waals surface area contributed by atoms with E-state index in [4.69, 9.17) is 11.6 Å². The van der Waals surface area contributed by atoms with Crippen LogP contribution in [0, 0.1) is 19.8 Å². The lowest BCUT2D eigenvalue weighted by Gasteiger charge is -2.15. The van der Waals surface area contributed by atoms with E-state index in [1.807, 2.05) is 45.9 Å². The summed E-state index contributed by atoms with van der Waals surface area (Å²) in [5, 5.41) is 6.84. The van der Waals surface area contributed by atoms with Crippen molar-refractivity contribution < 1.29 is 9.59 Å². The number of amides is 2. The minimum atomic E-state index is -0.321. The summed E-state index contributed by atoms with van der Waals surface area (Å²) in [6.07, 6.45) is 0. The van der Waals surface area contributed by atoms with Gasteiger partial charge in [0.25, 0.3) is 5.56 Å². The van der Waals surface area contributed by atoms with Gasteiger partial charge in [-0.1, -0.05) is 55.4 Å². The molecule has 0 fully saturated rings. The maximum Gasteiger partial charge on any atom is 0.262 e. The van der Waals surface area contributed by atoms with Crippen LogP contribution in [0.1, 0.15) is 25.0 Å². The number of carbonyl (C=O) groups excluding carboxylic acids is 2. The van der Waals surface area contributed by atoms with E-state index >= 15 is 0 Å². The van der Waals surface area contributed by atoms with E-state index in [0.717, 1.165) is 16.8 Å². The highest BCUT2D eigenvalue weighted by atomic mass is 35.5. The highest BCUT2D eigenvalue weighted by Gasteiger charge is 2.15. The number of fused-ring (bicyclic) bond motifs is 1. The summed E-state index contributed by atoms with van der Waals surface area (Å²) >= 11 is 7.22. The van der Waals surface area contributed by atoms with Crippen molar-refractivity contribution >= 4 is 51.8 Å². The number of carbonyl (C=O) groups is 2. The van der Waals surface area contributed by atoms with E-state index in [2.05, 4.69) is 15.6 Å². The molecule has 1 heterocycles. The number of anilines is 1. The number of para-hydroxylation sites is 1. The minimum Gasteiger partial charge on any atom is -0.346 e. The summed E-state index contributed by atoms with van der Waals surface area (Å²) in [4.78, 5) is 42.3. The quantitative estimate of drug-likeness (QED) is 0.368. The van der Waals surface area contributed by atoms with Crippen molar-refractivity contribution in [2.75, 3.05) is 17.6 Å². The van der Waals surface area contributed by atoms with Crippen molar-refractivity contribution in [1.29, 1.82) is 0 Å². The lowest BCUT2D eigenvalue weighted by molar-refractivity contribution is -0.122. The fraction of sp³-hybridized carbons (Fsp3) is 0.333. The lowest BCUT2D eigenvalue weighted by atomic mass is 10.1. The Kier molecular flexibility index (Phi) is 8.15. The fourth-order valence-electron chi connectivity index (χ4n) is 3.36. The predicted molar refractivity (Wildman–Crippen MR) is 134 cm³/mol. The summed E-state index contributed by atoms with van der Waals surface area (Å²) in [7, 11) is 0. The number of thioether (sulfide) groups is 1. The molecule has 0 spiro atoms. The molecule has 174 valence electrons. The third-order valence-corrected chi connectivity index (χ3v) is 6.16. The molecule has 0 saturated carbocycles. The van der Waals surface area contributed by atoms with Gasteiger partial charge in [-0.3, -0.25) is 19.0 Å². The standard InChI is InChI=1S/C24H27ClN4O3S/c1-14(2)12-29-23(32)18-10-17(25)8-9-19(18)27-24(29)33-13-21(31)26-11-20(30)28-22-15(3)6-5-7-16(22)4/h5-10,14H,11-13H2,1-4H3,(H,26,31)(H,28,30). The van der Waals surface area contributed by atoms with Crippen LogP contribution in [0.2, 0.25) is 5.02 Å². The van der Waals surface area contributed by atoms with Gasteiger partial charge < -0.3 is 10.6 Å². The van der Waals surface area contributed by atoms with Gasteiger partial charge >= 0.3 is 0 Å². The molecule has 0 unspecified atom stereocenters. The van der Waals surface area contributed by atoms with Gasteiger partial charge in [-0.2, -0.15) is 0 Å². The molecule has 7 nitrogen and oxygen atoms in total. The molecule has 0 atom stereocenters. The Morgan fingerprint density at radius 3 is 2.48 bits per heavy atom. The topological polar surface area (TPSA) is 93.1 Å². The first-order valence-corrected chi connectivity index (χ1v) is 12.0. The summed E-state index contributed by atoms with van der Waals surface area (Å²) in [5.41, 5.74) is 3.01. The average Bonchev–Trinajstić information content (AvgIpc) is 2.76. The van der Waals surface area contributed by atoms with Crippen molar-refractivity contribution in [3.63, 3.8) is 0 Å². The molecule has 2 amide bonds. The molecular weight excluding hydrogens is 460 g/mol. The third-order valence-electron chi connectivity index (χ3n) is 4.95. The molecule has 33 heavy (non-hydrogen) atoms. The second-order valence-electron chi connectivity index (χ2n) is 8.25. The van der Waals surface area contributed by atoms with Gasteiger partial charge in [0.2, 0.25) is 11.8 Å². The number of rotatable bonds is 8. The van der Waals surface area contributed by atoms with Crippen LogP contribution in [-0.4, -0.2) is 33.7 Å². The number of nitrogens with zero attached hydrogens (tertiary/aromatic N) is 2. The Hall–Kier alpha value is -2.84. The van der Waals surface area contributed by atoms with Crippen LogP contribution >= 0.6 is 23.4 Å². The number of benzene rings is 2. The molecule has 0 aliphatic heterocycles.